The summed E-state index contributed by atoms with van der Waals surface area (Å²) in [5.74, 6) is 0.0450. The lowest BCUT2D eigenvalue weighted by atomic mass is 9.80. The van der Waals surface area contributed by atoms with Crippen molar-refractivity contribution in [3.63, 3.8) is 0 Å². The Hall–Kier alpha value is -1.74. The third-order valence-electron chi connectivity index (χ3n) is 3.17. The van der Waals surface area contributed by atoms with Gasteiger partial charge in [-0.25, -0.2) is 4.98 Å². The highest BCUT2D eigenvalue weighted by atomic mass is 32.1. The molecule has 2 aromatic rings. The van der Waals surface area contributed by atoms with Crippen LogP contribution in [0.1, 0.15) is 18.9 Å². The quantitative estimate of drug-likeness (QED) is 0.774. The molecule has 0 aliphatic heterocycles. The van der Waals surface area contributed by atoms with Gasteiger partial charge in [0.05, 0.1) is 10.2 Å². The SMILES string of the molecule is CC1(C)C=CC(=O)C=C1c1nc2ccccc2s1. The molecule has 0 atom stereocenters. The summed E-state index contributed by atoms with van der Waals surface area (Å²) in [7, 11) is 0. The van der Waals surface area contributed by atoms with Crippen molar-refractivity contribution in [1.29, 1.82) is 0 Å². The maximum absolute atomic E-state index is 11.6. The highest BCUT2D eigenvalue weighted by Gasteiger charge is 2.27. The highest BCUT2D eigenvalue weighted by Crippen LogP contribution is 2.40. The van der Waals surface area contributed by atoms with E-state index in [-0.39, 0.29) is 11.2 Å². The first-order valence-electron chi connectivity index (χ1n) is 5.87. The fourth-order valence-corrected chi connectivity index (χ4v) is 3.23. The zero-order valence-electron chi connectivity index (χ0n) is 10.3. The number of benzene rings is 1. The Bertz CT molecular complexity index is 658. The molecule has 0 amide bonds. The molecular formula is C15H13NOS. The minimum Gasteiger partial charge on any atom is -0.290 e. The molecule has 0 fully saturated rings. The van der Waals surface area contributed by atoms with Gasteiger partial charge in [-0.3, -0.25) is 4.79 Å². The predicted molar refractivity (Wildman–Crippen MR) is 75.5 cm³/mol. The summed E-state index contributed by atoms with van der Waals surface area (Å²) in [5.41, 5.74) is 1.87. The van der Waals surface area contributed by atoms with Crippen LogP contribution in [0.3, 0.4) is 0 Å². The third kappa shape index (κ3) is 1.81. The first kappa shape index (κ1) is 11.4. The van der Waals surface area contributed by atoms with Gasteiger partial charge in [-0.05, 0) is 24.3 Å². The number of para-hydroxylation sites is 1. The van der Waals surface area contributed by atoms with E-state index in [1.54, 1.807) is 23.5 Å². The van der Waals surface area contributed by atoms with E-state index in [1.165, 1.54) is 0 Å². The van der Waals surface area contributed by atoms with Crippen molar-refractivity contribution in [1.82, 2.24) is 4.98 Å². The summed E-state index contributed by atoms with van der Waals surface area (Å²) in [6, 6.07) is 8.06. The summed E-state index contributed by atoms with van der Waals surface area (Å²) >= 11 is 1.64. The highest BCUT2D eigenvalue weighted by molar-refractivity contribution is 7.19. The van der Waals surface area contributed by atoms with Crippen LogP contribution in [0, 0.1) is 5.41 Å². The molecule has 0 N–H and O–H groups in total. The van der Waals surface area contributed by atoms with E-state index in [0.717, 1.165) is 20.8 Å². The predicted octanol–water partition coefficient (Wildman–Crippen LogP) is 3.84. The van der Waals surface area contributed by atoms with E-state index >= 15 is 0 Å². The zero-order chi connectivity index (χ0) is 12.8. The lowest BCUT2D eigenvalue weighted by Gasteiger charge is -2.25. The Balaban J connectivity index is 2.16. The monoisotopic (exact) mass is 255 g/mol. The number of hydrogen-bond donors (Lipinski definition) is 0. The van der Waals surface area contributed by atoms with E-state index in [0.29, 0.717) is 0 Å². The number of hydrogen-bond acceptors (Lipinski definition) is 3. The van der Waals surface area contributed by atoms with Crippen molar-refractivity contribution < 1.29 is 4.79 Å². The molecule has 3 rings (SSSR count). The Morgan fingerprint density at radius 2 is 2.00 bits per heavy atom. The van der Waals surface area contributed by atoms with Gasteiger partial charge in [0.25, 0.3) is 0 Å². The molecule has 3 heteroatoms. The van der Waals surface area contributed by atoms with Crippen molar-refractivity contribution in [2.24, 2.45) is 5.41 Å². The summed E-state index contributed by atoms with van der Waals surface area (Å²) in [6.07, 6.45) is 5.30. The second kappa shape index (κ2) is 3.89. The third-order valence-corrected chi connectivity index (χ3v) is 4.24. The number of thiazole rings is 1. The molecule has 0 bridgehead atoms. The molecule has 1 aromatic carbocycles. The Kier molecular flexibility index (Phi) is 2.45. The van der Waals surface area contributed by atoms with Gasteiger partial charge in [0.15, 0.2) is 5.78 Å². The van der Waals surface area contributed by atoms with Crippen LogP contribution in [0.25, 0.3) is 15.8 Å². The lowest BCUT2D eigenvalue weighted by Crippen LogP contribution is -2.15. The number of nitrogens with zero attached hydrogens (tertiary/aromatic N) is 1. The lowest BCUT2D eigenvalue weighted by molar-refractivity contribution is -0.110. The number of aromatic nitrogens is 1. The topological polar surface area (TPSA) is 30.0 Å². The van der Waals surface area contributed by atoms with Crippen LogP contribution in [-0.2, 0) is 4.79 Å². The van der Waals surface area contributed by atoms with Gasteiger partial charge in [0.1, 0.15) is 5.01 Å². The van der Waals surface area contributed by atoms with Gasteiger partial charge in [-0.15, -0.1) is 11.3 Å². The second-order valence-electron chi connectivity index (χ2n) is 5.00. The summed E-state index contributed by atoms with van der Waals surface area (Å²) in [4.78, 5) is 16.2. The molecule has 1 aliphatic carbocycles. The number of rotatable bonds is 1. The second-order valence-corrected chi connectivity index (χ2v) is 6.03. The van der Waals surface area contributed by atoms with Crippen LogP contribution in [0.5, 0.6) is 0 Å². The Labute approximate surface area is 110 Å². The molecule has 90 valence electrons. The van der Waals surface area contributed by atoms with Crippen LogP contribution in [0.4, 0.5) is 0 Å². The van der Waals surface area contributed by atoms with Gasteiger partial charge >= 0.3 is 0 Å². The molecule has 0 unspecified atom stereocenters. The van der Waals surface area contributed by atoms with Crippen LogP contribution in [0.15, 0.2) is 42.5 Å². The summed E-state index contributed by atoms with van der Waals surface area (Å²) < 4.78 is 1.16. The van der Waals surface area contributed by atoms with E-state index in [4.69, 9.17) is 0 Å². The molecule has 1 aromatic heterocycles. The summed E-state index contributed by atoms with van der Waals surface area (Å²) in [5, 5.41) is 0.943. The van der Waals surface area contributed by atoms with E-state index in [2.05, 4.69) is 24.9 Å². The number of ketones is 1. The average Bonchev–Trinajstić information content (AvgIpc) is 2.75. The van der Waals surface area contributed by atoms with Crippen LogP contribution in [-0.4, -0.2) is 10.8 Å². The molecule has 0 saturated heterocycles. The maximum atomic E-state index is 11.6. The normalized spacial score (nSPS) is 18.1. The largest absolute Gasteiger partial charge is 0.290 e. The standard InChI is InChI=1S/C15H13NOS/c1-15(2)8-7-10(17)9-11(15)14-16-12-5-3-4-6-13(12)18-14/h3-9H,1-2H3. The van der Waals surface area contributed by atoms with E-state index in [9.17, 15) is 4.79 Å². The van der Waals surface area contributed by atoms with Gasteiger partial charge in [-0.1, -0.05) is 32.1 Å². The van der Waals surface area contributed by atoms with Gasteiger partial charge in [0, 0.05) is 11.0 Å². The molecule has 2 nitrogen and oxygen atoms in total. The Morgan fingerprint density at radius 1 is 1.22 bits per heavy atom. The number of fused-ring (bicyclic) bond motifs is 1. The smallest absolute Gasteiger partial charge is 0.178 e. The van der Waals surface area contributed by atoms with Crippen LogP contribution < -0.4 is 0 Å². The molecule has 0 saturated carbocycles. The number of carbonyl (C=O) groups excluding carboxylic acids is 1. The molecule has 0 radical (unpaired) electrons. The van der Waals surface area contributed by atoms with Crippen molar-refractivity contribution in [3.05, 3.63) is 47.5 Å². The van der Waals surface area contributed by atoms with Gasteiger partial charge < -0.3 is 0 Å². The van der Waals surface area contributed by atoms with Crippen LogP contribution in [0.2, 0.25) is 0 Å². The van der Waals surface area contributed by atoms with Crippen molar-refractivity contribution in [2.45, 2.75) is 13.8 Å². The minimum absolute atomic E-state index is 0.0450. The average molecular weight is 255 g/mol. The fourth-order valence-electron chi connectivity index (χ4n) is 2.08. The molecule has 0 spiro atoms. The number of allylic oxidation sites excluding steroid dienone is 4. The minimum atomic E-state index is -0.137. The van der Waals surface area contributed by atoms with Gasteiger partial charge in [-0.2, -0.15) is 0 Å². The first-order chi connectivity index (χ1) is 8.56. The first-order valence-corrected chi connectivity index (χ1v) is 6.69. The zero-order valence-corrected chi connectivity index (χ0v) is 11.1. The van der Waals surface area contributed by atoms with E-state index < -0.39 is 0 Å². The fraction of sp³-hybridized carbons (Fsp3) is 0.200. The van der Waals surface area contributed by atoms with Crippen LogP contribution >= 0.6 is 11.3 Å². The van der Waals surface area contributed by atoms with E-state index in [1.807, 2.05) is 24.3 Å². The summed E-state index contributed by atoms with van der Waals surface area (Å²) in [6.45, 7) is 4.21. The van der Waals surface area contributed by atoms with Gasteiger partial charge in [0.2, 0.25) is 0 Å². The van der Waals surface area contributed by atoms with Crippen molar-refractivity contribution in [2.75, 3.05) is 0 Å². The molecular weight excluding hydrogens is 242 g/mol. The van der Waals surface area contributed by atoms with Crippen molar-refractivity contribution in [3.8, 4) is 0 Å². The maximum Gasteiger partial charge on any atom is 0.178 e. The Morgan fingerprint density at radius 3 is 2.78 bits per heavy atom. The molecule has 1 aliphatic rings. The molecule has 1 heterocycles. The molecule has 18 heavy (non-hydrogen) atoms. The van der Waals surface area contributed by atoms with Crippen molar-refractivity contribution >= 4 is 32.9 Å². The number of carbonyl (C=O) groups is 1.